The fraction of sp³-hybridized carbons (Fsp3) is 0.133. The minimum atomic E-state index is -0.508. The van der Waals surface area contributed by atoms with Crippen LogP contribution in [0.25, 0.3) is 5.41 Å². The van der Waals surface area contributed by atoms with Gasteiger partial charge < -0.3 is 10.7 Å². The van der Waals surface area contributed by atoms with Crippen molar-refractivity contribution in [2.45, 2.75) is 12.0 Å². The lowest BCUT2D eigenvalue weighted by Crippen LogP contribution is -2.56. The summed E-state index contributed by atoms with van der Waals surface area (Å²) in [4.78, 5) is 13.6. The van der Waals surface area contributed by atoms with Crippen molar-refractivity contribution in [3.8, 4) is 0 Å². The number of nitrogens with zero attached hydrogens (tertiary/aromatic N) is 2. The monoisotopic (exact) mass is 313 g/mol. The van der Waals surface area contributed by atoms with Gasteiger partial charge in [0, 0.05) is 22.6 Å². The quantitative estimate of drug-likeness (QED) is 0.399. The van der Waals surface area contributed by atoms with E-state index in [2.05, 4.69) is 11.2 Å². The largest absolute Gasteiger partial charge is 0.763 e. The number of hydrogen-bond donors (Lipinski definition) is 1. The number of pyridine rings is 1. The molecular formula is C15H11N3OS2. The van der Waals surface area contributed by atoms with Crippen LogP contribution in [0.3, 0.4) is 0 Å². The van der Waals surface area contributed by atoms with Crippen LogP contribution in [0, 0.1) is 0 Å². The van der Waals surface area contributed by atoms with E-state index in [9.17, 15) is 10.2 Å². The first kappa shape index (κ1) is 13.8. The van der Waals surface area contributed by atoms with Gasteiger partial charge in [0.1, 0.15) is 4.99 Å². The summed E-state index contributed by atoms with van der Waals surface area (Å²) in [5.74, 6) is 1.64. The van der Waals surface area contributed by atoms with Crippen molar-refractivity contribution in [1.29, 1.82) is 0 Å². The predicted molar refractivity (Wildman–Crippen MR) is 85.4 cm³/mol. The number of carbonyl (C=O) groups excluding carboxylic acids is 1. The van der Waals surface area contributed by atoms with Crippen LogP contribution >= 0.6 is 23.6 Å². The van der Waals surface area contributed by atoms with Gasteiger partial charge >= 0.3 is 0 Å². The highest BCUT2D eigenvalue weighted by Gasteiger charge is 2.45. The van der Waals surface area contributed by atoms with Crippen LogP contribution in [0.2, 0.25) is 0 Å². The molecule has 2 aromatic heterocycles. The highest BCUT2D eigenvalue weighted by molar-refractivity contribution is 7.80. The molecule has 0 bridgehead atoms. The molecule has 6 heteroatoms. The zero-order chi connectivity index (χ0) is 14.8. The summed E-state index contributed by atoms with van der Waals surface area (Å²) in [7, 11) is 0. The van der Waals surface area contributed by atoms with Crippen LogP contribution in [0.1, 0.15) is 16.8 Å². The average molecular weight is 313 g/mol. The number of thiophene rings is 1. The first-order valence-corrected chi connectivity index (χ1v) is 7.62. The van der Waals surface area contributed by atoms with E-state index in [0.29, 0.717) is 5.57 Å². The van der Waals surface area contributed by atoms with Crippen LogP contribution < -0.4 is 9.88 Å². The number of piperidine rings is 1. The van der Waals surface area contributed by atoms with Gasteiger partial charge in [0.2, 0.25) is 6.04 Å². The minimum absolute atomic E-state index is 0.186. The maximum atomic E-state index is 12.4. The van der Waals surface area contributed by atoms with E-state index in [0.717, 1.165) is 4.88 Å². The molecule has 1 aliphatic heterocycles. The van der Waals surface area contributed by atoms with E-state index in [1.165, 1.54) is 11.3 Å². The van der Waals surface area contributed by atoms with Crippen molar-refractivity contribution in [3.63, 3.8) is 0 Å². The van der Waals surface area contributed by atoms with Gasteiger partial charge in [-0.3, -0.25) is 10.7 Å². The van der Waals surface area contributed by atoms with Crippen LogP contribution in [-0.4, -0.2) is 16.8 Å². The smallest absolute Gasteiger partial charge is 0.295 e. The number of rotatable bonds is 2. The molecule has 3 rings (SSSR count). The molecule has 3 heterocycles. The lowest BCUT2D eigenvalue weighted by molar-refractivity contribution is -0.711. The van der Waals surface area contributed by atoms with Crippen molar-refractivity contribution >= 4 is 40.3 Å². The molecule has 1 N–H and O–H groups in total. The third kappa shape index (κ3) is 2.45. The van der Waals surface area contributed by atoms with Crippen LogP contribution in [-0.2, 0) is 4.79 Å². The maximum Gasteiger partial charge on any atom is 0.295 e. The normalized spacial score (nSPS) is 21.8. The second kappa shape index (κ2) is 5.69. The van der Waals surface area contributed by atoms with Crippen LogP contribution in [0.5, 0.6) is 0 Å². The first-order chi connectivity index (χ1) is 10.2. The van der Waals surface area contributed by atoms with Gasteiger partial charge in [-0.15, -0.1) is 11.3 Å². The third-order valence-corrected chi connectivity index (χ3v) is 4.68. The standard InChI is InChI=1S/C15H11N3OS2/c16-9-10-12(11-5-4-8-21-11)13(14(19)17-15(10)20)18-6-2-1-3-7-18/h1-8,12-13H,(H,17,19,20)/t12-,13-/m1/s1. The number of thiocarbonyl (C=S) groups is 1. The molecule has 104 valence electrons. The molecule has 21 heavy (non-hydrogen) atoms. The summed E-state index contributed by atoms with van der Waals surface area (Å²) in [5, 5.41) is 14.0. The second-order valence-corrected chi connectivity index (χ2v) is 5.99. The molecule has 0 aromatic carbocycles. The van der Waals surface area contributed by atoms with Crippen molar-refractivity contribution in [1.82, 2.24) is 5.32 Å². The molecule has 2 aromatic rings. The molecule has 1 saturated heterocycles. The number of amides is 1. The Balaban J connectivity index is 2.17. The molecule has 0 unspecified atom stereocenters. The summed E-state index contributed by atoms with van der Waals surface area (Å²) in [5.41, 5.74) is 0.438. The van der Waals surface area contributed by atoms with Crippen LogP contribution in [0.15, 0.2) is 53.7 Å². The highest BCUT2D eigenvalue weighted by Crippen LogP contribution is 2.37. The fourth-order valence-electron chi connectivity index (χ4n) is 2.50. The number of hydrogen-bond acceptors (Lipinski definition) is 3. The lowest BCUT2D eigenvalue weighted by atomic mass is 9.86. The van der Waals surface area contributed by atoms with E-state index >= 15 is 0 Å². The Hall–Kier alpha value is -2.14. The van der Waals surface area contributed by atoms with Crippen molar-refractivity contribution in [2.24, 2.45) is 0 Å². The van der Waals surface area contributed by atoms with Gasteiger partial charge in [0.25, 0.3) is 5.91 Å². The SMILES string of the molecule is [N-]=C=C1C(=S)NC(=O)[C@H]([n+]2ccccc2)[C@H]1c1cccs1. The Bertz CT molecular complexity index is 734. The highest BCUT2D eigenvalue weighted by atomic mass is 32.1. The molecule has 1 fully saturated rings. The number of nitrogens with one attached hydrogen (secondary N) is 1. The van der Waals surface area contributed by atoms with E-state index in [1.807, 2.05) is 52.7 Å². The Morgan fingerprint density at radius 3 is 2.67 bits per heavy atom. The van der Waals surface area contributed by atoms with Gasteiger partial charge in [-0.05, 0) is 11.4 Å². The van der Waals surface area contributed by atoms with E-state index in [1.54, 1.807) is 0 Å². The average Bonchev–Trinajstić information content (AvgIpc) is 3.01. The molecule has 2 atom stereocenters. The summed E-state index contributed by atoms with van der Waals surface area (Å²) in [6, 6.07) is 8.94. The Morgan fingerprint density at radius 1 is 1.29 bits per heavy atom. The van der Waals surface area contributed by atoms with Crippen LogP contribution in [0.4, 0.5) is 0 Å². The maximum absolute atomic E-state index is 12.4. The Labute approximate surface area is 131 Å². The zero-order valence-electron chi connectivity index (χ0n) is 10.9. The number of aromatic nitrogens is 1. The van der Waals surface area contributed by atoms with Gasteiger partial charge in [0.05, 0.1) is 5.92 Å². The minimum Gasteiger partial charge on any atom is -0.763 e. The summed E-state index contributed by atoms with van der Waals surface area (Å²) in [6.45, 7) is 0. The van der Waals surface area contributed by atoms with Gasteiger partial charge in [0.15, 0.2) is 12.4 Å². The van der Waals surface area contributed by atoms with E-state index in [4.69, 9.17) is 12.2 Å². The molecule has 4 nitrogen and oxygen atoms in total. The zero-order valence-corrected chi connectivity index (χ0v) is 12.5. The molecular weight excluding hydrogens is 302 g/mol. The predicted octanol–water partition coefficient (Wildman–Crippen LogP) is 1.98. The lowest BCUT2D eigenvalue weighted by Gasteiger charge is -2.29. The van der Waals surface area contributed by atoms with Gasteiger partial charge in [-0.1, -0.05) is 24.4 Å². The van der Waals surface area contributed by atoms with E-state index < -0.39 is 6.04 Å². The van der Waals surface area contributed by atoms with E-state index in [-0.39, 0.29) is 16.8 Å². The molecule has 0 saturated carbocycles. The van der Waals surface area contributed by atoms with Gasteiger partial charge in [-0.25, -0.2) is 0 Å². The van der Waals surface area contributed by atoms with Gasteiger partial charge in [-0.2, -0.15) is 4.57 Å². The summed E-state index contributed by atoms with van der Waals surface area (Å²) in [6.07, 6.45) is 3.66. The Kier molecular flexibility index (Phi) is 3.75. The molecule has 0 aliphatic carbocycles. The third-order valence-electron chi connectivity index (χ3n) is 3.41. The molecule has 1 amide bonds. The van der Waals surface area contributed by atoms with Crippen molar-refractivity contribution < 1.29 is 9.36 Å². The Morgan fingerprint density at radius 2 is 2.05 bits per heavy atom. The summed E-state index contributed by atoms with van der Waals surface area (Å²) < 4.78 is 1.82. The fourth-order valence-corrected chi connectivity index (χ4v) is 3.63. The first-order valence-electron chi connectivity index (χ1n) is 6.33. The molecule has 1 aliphatic rings. The number of carbonyl (C=O) groups is 1. The molecule has 0 spiro atoms. The second-order valence-electron chi connectivity index (χ2n) is 4.60. The van der Waals surface area contributed by atoms with Crippen molar-refractivity contribution in [3.05, 3.63) is 64.0 Å². The topological polar surface area (TPSA) is 55.3 Å². The van der Waals surface area contributed by atoms with Crippen molar-refractivity contribution in [2.75, 3.05) is 0 Å². The molecule has 0 radical (unpaired) electrons. The summed E-state index contributed by atoms with van der Waals surface area (Å²) >= 11 is 6.69.